The summed E-state index contributed by atoms with van der Waals surface area (Å²) < 4.78 is 10.4. The smallest absolute Gasteiger partial charge is 0.340 e. The summed E-state index contributed by atoms with van der Waals surface area (Å²) in [6.45, 7) is -0.122. The second-order valence-corrected chi connectivity index (χ2v) is 5.91. The Hall–Kier alpha value is -3.25. The van der Waals surface area contributed by atoms with Crippen LogP contribution in [0.1, 0.15) is 16.2 Å². The SMILES string of the molecule is O=C(OCc1nc(-c2ccc(Cl)cc2)no1)c1cccc2cccnc12. The van der Waals surface area contributed by atoms with Crippen LogP contribution in [0.2, 0.25) is 5.02 Å². The molecule has 4 rings (SSSR count). The van der Waals surface area contributed by atoms with Gasteiger partial charge in [-0.1, -0.05) is 35.0 Å². The van der Waals surface area contributed by atoms with Crippen molar-refractivity contribution < 1.29 is 14.1 Å². The molecule has 4 aromatic rings. The van der Waals surface area contributed by atoms with E-state index in [9.17, 15) is 4.79 Å². The van der Waals surface area contributed by atoms with Gasteiger partial charge in [-0.05, 0) is 36.4 Å². The zero-order chi connectivity index (χ0) is 17.9. The molecule has 128 valence electrons. The van der Waals surface area contributed by atoms with Crippen LogP contribution >= 0.6 is 11.6 Å². The Labute approximate surface area is 153 Å². The van der Waals surface area contributed by atoms with E-state index >= 15 is 0 Å². The van der Waals surface area contributed by atoms with Gasteiger partial charge in [0.1, 0.15) is 0 Å². The largest absolute Gasteiger partial charge is 0.452 e. The molecule has 2 aromatic heterocycles. The molecule has 0 spiro atoms. The minimum atomic E-state index is -0.499. The lowest BCUT2D eigenvalue weighted by atomic mass is 10.1. The monoisotopic (exact) mass is 365 g/mol. The van der Waals surface area contributed by atoms with Gasteiger partial charge < -0.3 is 9.26 Å². The average Bonchev–Trinajstić information content (AvgIpc) is 3.15. The molecule has 0 aliphatic carbocycles. The lowest BCUT2D eigenvalue weighted by Crippen LogP contribution is -2.06. The molecule has 0 aliphatic rings. The van der Waals surface area contributed by atoms with E-state index < -0.39 is 5.97 Å². The molecule has 0 saturated carbocycles. The number of hydrogen-bond acceptors (Lipinski definition) is 6. The summed E-state index contributed by atoms with van der Waals surface area (Å²) in [6, 6.07) is 16.1. The predicted molar refractivity (Wildman–Crippen MR) is 95.6 cm³/mol. The molecule has 0 N–H and O–H groups in total. The minimum Gasteiger partial charge on any atom is -0.452 e. The zero-order valence-corrected chi connectivity index (χ0v) is 14.2. The third-order valence-corrected chi connectivity index (χ3v) is 4.00. The third-order valence-electron chi connectivity index (χ3n) is 3.75. The highest BCUT2D eigenvalue weighted by molar-refractivity contribution is 6.30. The summed E-state index contributed by atoms with van der Waals surface area (Å²) in [5.74, 6) is 0.108. The van der Waals surface area contributed by atoms with Gasteiger partial charge in [0, 0.05) is 22.2 Å². The Morgan fingerprint density at radius 1 is 1.08 bits per heavy atom. The van der Waals surface area contributed by atoms with Crippen molar-refractivity contribution >= 4 is 28.5 Å². The maximum Gasteiger partial charge on any atom is 0.340 e. The van der Waals surface area contributed by atoms with Crippen molar-refractivity contribution in [3.63, 3.8) is 0 Å². The molecule has 0 aliphatic heterocycles. The minimum absolute atomic E-state index is 0.122. The van der Waals surface area contributed by atoms with Crippen molar-refractivity contribution in [3.05, 3.63) is 77.3 Å². The third kappa shape index (κ3) is 3.27. The van der Waals surface area contributed by atoms with Crippen molar-refractivity contribution in [2.75, 3.05) is 0 Å². The Bertz CT molecular complexity index is 1070. The first-order valence-electron chi connectivity index (χ1n) is 7.80. The van der Waals surface area contributed by atoms with Gasteiger partial charge in [-0.3, -0.25) is 4.98 Å². The molecule has 0 bridgehead atoms. The van der Waals surface area contributed by atoms with Crippen LogP contribution in [0.25, 0.3) is 22.3 Å². The first-order valence-corrected chi connectivity index (χ1v) is 8.18. The fourth-order valence-electron chi connectivity index (χ4n) is 2.50. The number of rotatable bonds is 4. The Balaban J connectivity index is 1.49. The van der Waals surface area contributed by atoms with Gasteiger partial charge in [-0.2, -0.15) is 4.98 Å². The first kappa shape index (κ1) is 16.2. The lowest BCUT2D eigenvalue weighted by molar-refractivity contribution is 0.0432. The van der Waals surface area contributed by atoms with Crippen LogP contribution in [-0.2, 0) is 11.3 Å². The molecular weight excluding hydrogens is 354 g/mol. The molecular formula is C19H12ClN3O3. The Morgan fingerprint density at radius 3 is 2.73 bits per heavy atom. The quantitative estimate of drug-likeness (QED) is 0.502. The van der Waals surface area contributed by atoms with E-state index in [1.165, 1.54) is 0 Å². The second-order valence-electron chi connectivity index (χ2n) is 5.48. The molecule has 2 aromatic carbocycles. The number of fused-ring (bicyclic) bond motifs is 1. The number of ether oxygens (including phenoxy) is 1. The van der Waals surface area contributed by atoms with Crippen molar-refractivity contribution in [3.8, 4) is 11.4 Å². The molecule has 0 radical (unpaired) electrons. The molecule has 0 fully saturated rings. The number of aromatic nitrogens is 3. The van der Waals surface area contributed by atoms with Gasteiger partial charge in [0.2, 0.25) is 5.82 Å². The molecule has 2 heterocycles. The predicted octanol–water partition coefficient (Wildman–Crippen LogP) is 4.30. The number of pyridine rings is 1. The van der Waals surface area contributed by atoms with Crippen LogP contribution in [0.3, 0.4) is 0 Å². The number of para-hydroxylation sites is 1. The summed E-state index contributed by atoms with van der Waals surface area (Å²) in [7, 11) is 0. The number of benzene rings is 2. The molecule has 0 unspecified atom stereocenters. The molecule has 6 nitrogen and oxygen atoms in total. The van der Waals surface area contributed by atoms with Crippen molar-refractivity contribution in [2.45, 2.75) is 6.61 Å². The summed E-state index contributed by atoms with van der Waals surface area (Å²) in [5, 5.41) is 5.37. The van der Waals surface area contributed by atoms with Crippen LogP contribution in [0.5, 0.6) is 0 Å². The highest BCUT2D eigenvalue weighted by Crippen LogP contribution is 2.20. The van der Waals surface area contributed by atoms with E-state index in [0.717, 1.165) is 10.9 Å². The number of nitrogens with zero attached hydrogens (tertiary/aromatic N) is 3. The Kier molecular flexibility index (Phi) is 4.33. The van der Waals surface area contributed by atoms with Gasteiger partial charge in [0.25, 0.3) is 5.89 Å². The van der Waals surface area contributed by atoms with E-state index in [-0.39, 0.29) is 12.5 Å². The van der Waals surface area contributed by atoms with E-state index in [0.29, 0.717) is 21.9 Å². The molecule has 26 heavy (non-hydrogen) atoms. The van der Waals surface area contributed by atoms with Gasteiger partial charge in [0.15, 0.2) is 6.61 Å². The highest BCUT2D eigenvalue weighted by atomic mass is 35.5. The zero-order valence-electron chi connectivity index (χ0n) is 13.4. The summed E-state index contributed by atoms with van der Waals surface area (Å²) in [4.78, 5) is 20.8. The summed E-state index contributed by atoms with van der Waals surface area (Å²) in [6.07, 6.45) is 1.63. The van der Waals surface area contributed by atoms with E-state index in [4.69, 9.17) is 20.9 Å². The number of esters is 1. The van der Waals surface area contributed by atoms with Crippen LogP contribution in [-0.4, -0.2) is 21.1 Å². The van der Waals surface area contributed by atoms with Crippen LogP contribution < -0.4 is 0 Å². The first-order chi connectivity index (χ1) is 12.7. The van der Waals surface area contributed by atoms with E-state index in [2.05, 4.69) is 15.1 Å². The van der Waals surface area contributed by atoms with Crippen LogP contribution in [0.15, 0.2) is 65.3 Å². The van der Waals surface area contributed by atoms with Crippen molar-refractivity contribution in [2.24, 2.45) is 0 Å². The normalized spacial score (nSPS) is 10.8. The summed E-state index contributed by atoms with van der Waals surface area (Å²) >= 11 is 5.86. The van der Waals surface area contributed by atoms with Gasteiger partial charge >= 0.3 is 5.97 Å². The molecule has 7 heteroatoms. The van der Waals surface area contributed by atoms with E-state index in [1.807, 2.05) is 18.2 Å². The number of carbonyl (C=O) groups excluding carboxylic acids is 1. The second kappa shape index (κ2) is 6.93. The van der Waals surface area contributed by atoms with Gasteiger partial charge in [-0.15, -0.1) is 0 Å². The molecule has 0 atom stereocenters. The van der Waals surface area contributed by atoms with Gasteiger partial charge in [-0.25, -0.2) is 4.79 Å². The van der Waals surface area contributed by atoms with Crippen molar-refractivity contribution in [1.82, 2.24) is 15.1 Å². The Morgan fingerprint density at radius 2 is 1.88 bits per heavy atom. The maximum absolute atomic E-state index is 12.4. The topological polar surface area (TPSA) is 78.1 Å². The average molecular weight is 366 g/mol. The van der Waals surface area contributed by atoms with Crippen LogP contribution in [0, 0.1) is 0 Å². The molecule has 0 amide bonds. The lowest BCUT2D eigenvalue weighted by Gasteiger charge is -2.04. The van der Waals surface area contributed by atoms with E-state index in [1.54, 1.807) is 42.6 Å². The fraction of sp³-hybridized carbons (Fsp3) is 0.0526. The number of halogens is 1. The van der Waals surface area contributed by atoms with Crippen molar-refractivity contribution in [1.29, 1.82) is 0 Å². The number of hydrogen-bond donors (Lipinski definition) is 0. The standard InChI is InChI=1S/C19H12ClN3O3/c20-14-8-6-13(7-9-14)18-22-16(26-23-18)11-25-19(24)15-5-1-3-12-4-2-10-21-17(12)15/h1-10H,11H2. The van der Waals surface area contributed by atoms with Gasteiger partial charge in [0.05, 0.1) is 11.1 Å². The highest BCUT2D eigenvalue weighted by Gasteiger charge is 2.15. The maximum atomic E-state index is 12.4. The fourth-order valence-corrected chi connectivity index (χ4v) is 2.63. The van der Waals surface area contributed by atoms with Crippen LogP contribution in [0.4, 0.5) is 0 Å². The number of carbonyl (C=O) groups is 1. The molecule has 0 saturated heterocycles. The summed E-state index contributed by atoms with van der Waals surface area (Å²) in [5.41, 5.74) is 1.74.